The number of benzene rings is 1. The van der Waals surface area contributed by atoms with Gasteiger partial charge >= 0.3 is 0 Å². The molecule has 0 atom stereocenters. The summed E-state index contributed by atoms with van der Waals surface area (Å²) in [5.74, 6) is 1.49. The van der Waals surface area contributed by atoms with Crippen molar-refractivity contribution >= 4 is 18.2 Å². The Kier molecular flexibility index (Phi) is 10.6. The van der Waals surface area contributed by atoms with Crippen molar-refractivity contribution in [1.29, 1.82) is 0 Å². The molecule has 0 bridgehead atoms. The molecule has 0 spiro atoms. The number of ketones is 1. The predicted octanol–water partition coefficient (Wildman–Crippen LogP) is 4.74. The minimum atomic E-state index is 0. The van der Waals surface area contributed by atoms with Crippen LogP contribution in [-0.4, -0.2) is 43.5 Å². The van der Waals surface area contributed by atoms with Gasteiger partial charge in [0.2, 0.25) is 5.78 Å². The Labute approximate surface area is 158 Å². The van der Waals surface area contributed by atoms with Crippen molar-refractivity contribution in [2.75, 3.05) is 32.8 Å². The molecule has 1 aromatic rings. The molecular weight excluding hydrogens is 338 g/mol. The van der Waals surface area contributed by atoms with E-state index >= 15 is 0 Å². The minimum Gasteiger partial charge on any atom is -0.493 e. The van der Waals surface area contributed by atoms with E-state index in [2.05, 4.69) is 18.7 Å². The number of hydrogen-bond acceptors (Lipinski definition) is 4. The topological polar surface area (TPSA) is 38.8 Å². The van der Waals surface area contributed by atoms with E-state index in [0.717, 1.165) is 25.3 Å². The van der Waals surface area contributed by atoms with Crippen LogP contribution in [0.25, 0.3) is 0 Å². The summed E-state index contributed by atoms with van der Waals surface area (Å²) in [6.45, 7) is 8.69. The van der Waals surface area contributed by atoms with Gasteiger partial charge < -0.3 is 14.4 Å². The smallest absolute Gasteiger partial charge is 0.203 e. The quantitative estimate of drug-likeness (QED) is 0.498. The predicted molar refractivity (Wildman–Crippen MR) is 105 cm³/mol. The van der Waals surface area contributed by atoms with Crippen LogP contribution in [0.4, 0.5) is 0 Å². The molecule has 25 heavy (non-hydrogen) atoms. The molecule has 5 heteroatoms. The van der Waals surface area contributed by atoms with Crippen LogP contribution in [0, 0.1) is 0 Å². The molecule has 0 saturated carbocycles. The number of nitrogens with zero attached hydrogens (tertiary/aromatic N) is 1. The van der Waals surface area contributed by atoms with Crippen LogP contribution >= 0.6 is 12.4 Å². The maximum atomic E-state index is 11.5. The highest BCUT2D eigenvalue weighted by molar-refractivity contribution is 6.02. The molecule has 1 heterocycles. The van der Waals surface area contributed by atoms with Crippen molar-refractivity contribution in [2.45, 2.75) is 52.4 Å². The zero-order valence-electron chi connectivity index (χ0n) is 15.6. The normalized spacial score (nSPS) is 12.7. The van der Waals surface area contributed by atoms with Crippen LogP contribution in [0.1, 0.15) is 62.7 Å². The van der Waals surface area contributed by atoms with Gasteiger partial charge in [0.1, 0.15) is 11.5 Å². The van der Waals surface area contributed by atoms with Gasteiger partial charge in [0.25, 0.3) is 0 Å². The van der Waals surface area contributed by atoms with E-state index in [1.54, 1.807) is 6.07 Å². The van der Waals surface area contributed by atoms with Crippen molar-refractivity contribution < 1.29 is 14.3 Å². The van der Waals surface area contributed by atoms with Crippen LogP contribution in [0.3, 0.4) is 0 Å². The average Bonchev–Trinajstić information content (AvgIpc) is 2.97. The maximum Gasteiger partial charge on any atom is 0.203 e. The molecule has 0 aliphatic carbocycles. The highest BCUT2D eigenvalue weighted by Gasteiger charge is 2.21. The van der Waals surface area contributed by atoms with Crippen LogP contribution < -0.4 is 9.47 Å². The Balaban J connectivity index is 0.00000312. The third-order valence-corrected chi connectivity index (χ3v) is 4.52. The number of carbonyl (C=O) groups excluding carboxylic acids is 1. The lowest BCUT2D eigenvalue weighted by molar-refractivity contribution is 0.0961. The van der Waals surface area contributed by atoms with E-state index in [4.69, 9.17) is 9.47 Å². The Morgan fingerprint density at radius 3 is 2.60 bits per heavy atom. The number of fused-ring (bicyclic) bond motifs is 1. The van der Waals surface area contributed by atoms with Crippen molar-refractivity contribution in [3.05, 3.63) is 23.8 Å². The standard InChI is InChI=1S/C20H31NO3.ClH/c1-3-5-6-7-8-12-21(4-2)13-9-14-23-17-10-11-18-19(22)16-24-20(18)15-17;/h10-11,15H,3-9,12-14,16H2,1-2H3;1H. The van der Waals surface area contributed by atoms with Crippen molar-refractivity contribution in [1.82, 2.24) is 4.90 Å². The number of rotatable bonds is 12. The summed E-state index contributed by atoms with van der Waals surface area (Å²) >= 11 is 0. The molecule has 1 aromatic carbocycles. The van der Waals surface area contributed by atoms with Gasteiger partial charge in [-0.05, 0) is 38.1 Å². The second kappa shape index (κ2) is 12.2. The van der Waals surface area contributed by atoms with E-state index < -0.39 is 0 Å². The summed E-state index contributed by atoms with van der Waals surface area (Å²) < 4.78 is 11.1. The second-order valence-corrected chi connectivity index (χ2v) is 6.42. The first-order valence-corrected chi connectivity index (χ1v) is 9.39. The van der Waals surface area contributed by atoms with Crippen molar-refractivity contribution in [3.63, 3.8) is 0 Å². The highest BCUT2D eigenvalue weighted by atomic mass is 35.5. The van der Waals surface area contributed by atoms with Gasteiger partial charge in [-0.2, -0.15) is 0 Å². The summed E-state index contributed by atoms with van der Waals surface area (Å²) in [7, 11) is 0. The number of carbonyl (C=O) groups is 1. The molecule has 0 fully saturated rings. The molecule has 0 unspecified atom stereocenters. The largest absolute Gasteiger partial charge is 0.493 e. The van der Waals surface area contributed by atoms with Gasteiger partial charge in [-0.15, -0.1) is 12.4 Å². The van der Waals surface area contributed by atoms with Crippen LogP contribution in [0.15, 0.2) is 18.2 Å². The molecule has 0 saturated heterocycles. The summed E-state index contributed by atoms with van der Waals surface area (Å²) in [5, 5.41) is 0. The van der Waals surface area contributed by atoms with Crippen molar-refractivity contribution in [2.24, 2.45) is 0 Å². The number of halogens is 1. The Bertz CT molecular complexity index is 522. The SMILES string of the molecule is CCCCCCCN(CC)CCCOc1ccc2c(c1)OCC2=O.Cl. The lowest BCUT2D eigenvalue weighted by Gasteiger charge is -2.20. The third-order valence-electron chi connectivity index (χ3n) is 4.52. The fourth-order valence-electron chi connectivity index (χ4n) is 3.01. The van der Waals surface area contributed by atoms with Crippen LogP contribution in [0.2, 0.25) is 0 Å². The molecule has 1 aliphatic rings. The molecule has 4 nitrogen and oxygen atoms in total. The lowest BCUT2D eigenvalue weighted by atomic mass is 10.1. The molecule has 0 aromatic heterocycles. The summed E-state index contributed by atoms with van der Waals surface area (Å²) in [6.07, 6.45) is 7.67. The first-order valence-electron chi connectivity index (χ1n) is 9.39. The molecule has 2 rings (SSSR count). The van der Waals surface area contributed by atoms with Crippen LogP contribution in [-0.2, 0) is 0 Å². The van der Waals surface area contributed by atoms with E-state index in [1.807, 2.05) is 12.1 Å². The second-order valence-electron chi connectivity index (χ2n) is 6.42. The number of hydrogen-bond donors (Lipinski definition) is 0. The van der Waals surface area contributed by atoms with Gasteiger partial charge in [0.05, 0.1) is 12.2 Å². The molecule has 0 radical (unpaired) electrons. The van der Waals surface area contributed by atoms with Gasteiger partial charge in [0, 0.05) is 12.6 Å². The zero-order chi connectivity index (χ0) is 17.2. The van der Waals surface area contributed by atoms with E-state index in [-0.39, 0.29) is 24.8 Å². The summed E-state index contributed by atoms with van der Waals surface area (Å²) in [4.78, 5) is 14.0. The molecule has 0 N–H and O–H groups in total. The van der Waals surface area contributed by atoms with E-state index in [0.29, 0.717) is 17.9 Å². The summed E-state index contributed by atoms with van der Waals surface area (Å²) in [5.41, 5.74) is 0.669. The number of unbranched alkanes of at least 4 members (excludes halogenated alkanes) is 4. The van der Waals surface area contributed by atoms with Gasteiger partial charge in [-0.1, -0.05) is 39.5 Å². The fourth-order valence-corrected chi connectivity index (χ4v) is 3.01. The van der Waals surface area contributed by atoms with Gasteiger partial charge in [0.15, 0.2) is 6.61 Å². The highest BCUT2D eigenvalue weighted by Crippen LogP contribution is 2.29. The Morgan fingerprint density at radius 1 is 1.08 bits per heavy atom. The Morgan fingerprint density at radius 2 is 1.84 bits per heavy atom. The molecule has 1 aliphatic heterocycles. The monoisotopic (exact) mass is 369 g/mol. The Hall–Kier alpha value is -1.26. The van der Waals surface area contributed by atoms with Crippen molar-refractivity contribution in [3.8, 4) is 11.5 Å². The van der Waals surface area contributed by atoms with E-state index in [9.17, 15) is 4.79 Å². The van der Waals surface area contributed by atoms with Crippen LogP contribution in [0.5, 0.6) is 11.5 Å². The molecular formula is C20H32ClNO3. The molecule has 0 amide bonds. The third kappa shape index (κ3) is 7.25. The minimum absolute atomic E-state index is 0. The molecule has 142 valence electrons. The number of Topliss-reactive ketones (excluding diaryl/α,β-unsaturated/α-hetero) is 1. The van der Waals surface area contributed by atoms with Gasteiger partial charge in [-0.3, -0.25) is 4.79 Å². The first-order chi connectivity index (χ1) is 11.7. The number of ether oxygens (including phenoxy) is 2. The average molecular weight is 370 g/mol. The van der Waals surface area contributed by atoms with Gasteiger partial charge in [-0.25, -0.2) is 0 Å². The fraction of sp³-hybridized carbons (Fsp3) is 0.650. The lowest BCUT2D eigenvalue weighted by Crippen LogP contribution is -2.26. The maximum absolute atomic E-state index is 11.5. The zero-order valence-corrected chi connectivity index (χ0v) is 16.4. The summed E-state index contributed by atoms with van der Waals surface area (Å²) in [6, 6.07) is 5.48. The van der Waals surface area contributed by atoms with E-state index in [1.165, 1.54) is 38.6 Å². The first kappa shape index (κ1) is 21.8.